The Morgan fingerprint density at radius 3 is 2.12 bits per heavy atom. The predicted molar refractivity (Wildman–Crippen MR) is 166 cm³/mol. The minimum Gasteiger partial charge on any atom is -0.350 e. The van der Waals surface area contributed by atoms with Crippen molar-refractivity contribution in [2.75, 3.05) is 10.8 Å². The zero-order valence-corrected chi connectivity index (χ0v) is 26.4. The largest absolute Gasteiger partial charge is 0.350 e. The van der Waals surface area contributed by atoms with Crippen LogP contribution in [0.4, 0.5) is 5.69 Å². The Kier molecular flexibility index (Phi) is 10.3. The third kappa shape index (κ3) is 8.11. The van der Waals surface area contributed by atoms with Gasteiger partial charge in [0.05, 0.1) is 10.6 Å². The Hall–Kier alpha value is -3.36. The molecule has 1 N–H and O–H groups in total. The van der Waals surface area contributed by atoms with Crippen LogP contribution in [0.5, 0.6) is 0 Å². The van der Waals surface area contributed by atoms with Gasteiger partial charge in [-0.15, -0.1) is 0 Å². The number of carbonyl (C=O) groups excluding carboxylic acids is 2. The molecule has 9 heteroatoms. The van der Waals surface area contributed by atoms with Gasteiger partial charge in [-0.25, -0.2) is 8.42 Å². The standard InChI is InChI=1S/C32H40ClN3O4S/c1-8-28(31(38)34-32(5,6)7)35(20-25-12-10-9-11-23(25)3)30(37)21-36(29-18-15-26(33)19-24(29)4)41(39,40)27-16-13-22(2)14-17-27/h9-19,28H,8,20-21H2,1-7H3,(H,34,38). The molecule has 0 bridgehead atoms. The molecule has 0 spiro atoms. The number of hydrogen-bond donors (Lipinski definition) is 1. The van der Waals surface area contributed by atoms with E-state index in [2.05, 4.69) is 5.32 Å². The Balaban J connectivity index is 2.12. The fourth-order valence-electron chi connectivity index (χ4n) is 4.59. The third-order valence-electron chi connectivity index (χ3n) is 6.80. The Morgan fingerprint density at radius 1 is 0.927 bits per heavy atom. The predicted octanol–water partition coefficient (Wildman–Crippen LogP) is 6.18. The summed E-state index contributed by atoms with van der Waals surface area (Å²) in [6, 6.07) is 18.2. The van der Waals surface area contributed by atoms with Gasteiger partial charge in [0.15, 0.2) is 0 Å². The molecule has 0 radical (unpaired) electrons. The number of nitrogens with zero attached hydrogens (tertiary/aromatic N) is 2. The Labute approximate surface area is 249 Å². The first-order chi connectivity index (χ1) is 19.1. The number of benzene rings is 3. The van der Waals surface area contributed by atoms with Crippen LogP contribution in [0.2, 0.25) is 5.02 Å². The normalized spacial score (nSPS) is 12.5. The fraction of sp³-hybridized carbons (Fsp3) is 0.375. The van der Waals surface area contributed by atoms with Crippen LogP contribution in [-0.4, -0.2) is 43.3 Å². The van der Waals surface area contributed by atoms with E-state index < -0.39 is 34.1 Å². The first-order valence-corrected chi connectivity index (χ1v) is 15.5. The highest BCUT2D eigenvalue weighted by atomic mass is 35.5. The zero-order chi connectivity index (χ0) is 30.5. The third-order valence-corrected chi connectivity index (χ3v) is 8.81. The summed E-state index contributed by atoms with van der Waals surface area (Å²) in [5.41, 5.74) is 3.18. The molecule has 220 valence electrons. The van der Waals surface area contributed by atoms with Crippen LogP contribution >= 0.6 is 11.6 Å². The van der Waals surface area contributed by atoms with Crippen molar-refractivity contribution >= 4 is 39.1 Å². The lowest BCUT2D eigenvalue weighted by molar-refractivity contribution is -0.141. The van der Waals surface area contributed by atoms with Crippen LogP contribution in [0.1, 0.15) is 56.4 Å². The highest BCUT2D eigenvalue weighted by molar-refractivity contribution is 7.92. The molecule has 0 fully saturated rings. The maximum absolute atomic E-state index is 14.2. The van der Waals surface area contributed by atoms with E-state index in [0.29, 0.717) is 22.7 Å². The van der Waals surface area contributed by atoms with Gasteiger partial charge in [0.1, 0.15) is 12.6 Å². The number of aryl methyl sites for hydroxylation is 3. The molecule has 0 aromatic heterocycles. The lowest BCUT2D eigenvalue weighted by atomic mass is 10.0. The van der Waals surface area contributed by atoms with Crippen molar-refractivity contribution in [3.05, 3.63) is 94.0 Å². The lowest BCUT2D eigenvalue weighted by Gasteiger charge is -2.35. The van der Waals surface area contributed by atoms with E-state index in [1.807, 2.05) is 65.8 Å². The van der Waals surface area contributed by atoms with Gasteiger partial charge in [0.2, 0.25) is 11.8 Å². The van der Waals surface area contributed by atoms with Crippen molar-refractivity contribution in [3.63, 3.8) is 0 Å². The van der Waals surface area contributed by atoms with Crippen LogP contribution in [0, 0.1) is 20.8 Å². The van der Waals surface area contributed by atoms with E-state index in [9.17, 15) is 18.0 Å². The van der Waals surface area contributed by atoms with Gasteiger partial charge < -0.3 is 10.2 Å². The molecule has 0 heterocycles. The van der Waals surface area contributed by atoms with Gasteiger partial charge in [-0.05, 0) is 95.0 Å². The van der Waals surface area contributed by atoms with Gasteiger partial charge in [-0.1, -0.05) is 60.5 Å². The molecule has 0 saturated heterocycles. The quantitative estimate of drug-likeness (QED) is 0.302. The Bertz CT molecular complexity index is 1500. The van der Waals surface area contributed by atoms with Crippen molar-refractivity contribution in [2.45, 2.75) is 77.9 Å². The highest BCUT2D eigenvalue weighted by Gasteiger charge is 2.35. The summed E-state index contributed by atoms with van der Waals surface area (Å²) in [7, 11) is -4.16. The number of rotatable bonds is 10. The van der Waals surface area contributed by atoms with Crippen LogP contribution < -0.4 is 9.62 Å². The minimum atomic E-state index is -4.16. The van der Waals surface area contributed by atoms with Crippen molar-refractivity contribution in [2.24, 2.45) is 0 Å². The first-order valence-electron chi connectivity index (χ1n) is 13.7. The summed E-state index contributed by atoms with van der Waals surface area (Å²) in [5, 5.41) is 3.44. The van der Waals surface area contributed by atoms with E-state index in [1.54, 1.807) is 37.3 Å². The molecule has 3 aromatic carbocycles. The monoisotopic (exact) mass is 597 g/mol. The summed E-state index contributed by atoms with van der Waals surface area (Å²) >= 11 is 6.19. The molecule has 0 aliphatic carbocycles. The van der Waals surface area contributed by atoms with Crippen LogP contribution in [0.25, 0.3) is 0 Å². The average molecular weight is 598 g/mol. The molecule has 3 aromatic rings. The molecule has 2 amide bonds. The van der Waals surface area contributed by atoms with Gasteiger partial charge in [0, 0.05) is 17.1 Å². The number of sulfonamides is 1. The average Bonchev–Trinajstić information content (AvgIpc) is 2.87. The number of anilines is 1. The topological polar surface area (TPSA) is 86.8 Å². The summed E-state index contributed by atoms with van der Waals surface area (Å²) in [5.74, 6) is -0.785. The van der Waals surface area contributed by atoms with Gasteiger partial charge in [0.25, 0.3) is 10.0 Å². The molecule has 1 atom stereocenters. The Morgan fingerprint density at radius 2 is 1.56 bits per heavy atom. The molecule has 1 unspecified atom stereocenters. The van der Waals surface area contributed by atoms with E-state index in [0.717, 1.165) is 21.0 Å². The molecule has 0 saturated carbocycles. The molecular formula is C32H40ClN3O4S. The number of nitrogens with one attached hydrogen (secondary N) is 1. The maximum Gasteiger partial charge on any atom is 0.264 e. The molecule has 0 aliphatic rings. The number of hydrogen-bond acceptors (Lipinski definition) is 4. The van der Waals surface area contributed by atoms with E-state index >= 15 is 0 Å². The smallest absolute Gasteiger partial charge is 0.264 e. The summed E-state index contributed by atoms with van der Waals surface area (Å²) in [4.78, 5) is 29.2. The summed E-state index contributed by atoms with van der Waals surface area (Å²) < 4.78 is 29.2. The van der Waals surface area contributed by atoms with Crippen LogP contribution in [0.15, 0.2) is 71.6 Å². The molecular weight excluding hydrogens is 558 g/mol. The SMILES string of the molecule is CCC(C(=O)NC(C)(C)C)N(Cc1ccccc1C)C(=O)CN(c1ccc(Cl)cc1C)S(=O)(=O)c1ccc(C)cc1. The molecule has 7 nitrogen and oxygen atoms in total. The maximum atomic E-state index is 14.2. The van der Waals surface area contributed by atoms with E-state index in [4.69, 9.17) is 11.6 Å². The summed E-state index contributed by atoms with van der Waals surface area (Å²) in [6.07, 6.45) is 0.351. The number of halogens is 1. The van der Waals surface area contributed by atoms with Crippen molar-refractivity contribution in [3.8, 4) is 0 Å². The second kappa shape index (κ2) is 13.1. The van der Waals surface area contributed by atoms with Crippen molar-refractivity contribution in [1.82, 2.24) is 10.2 Å². The van der Waals surface area contributed by atoms with Crippen molar-refractivity contribution < 1.29 is 18.0 Å². The number of carbonyl (C=O) groups is 2. The second-order valence-electron chi connectivity index (χ2n) is 11.4. The fourth-order valence-corrected chi connectivity index (χ4v) is 6.30. The highest BCUT2D eigenvalue weighted by Crippen LogP contribution is 2.30. The first kappa shape index (κ1) is 32.2. The molecule has 41 heavy (non-hydrogen) atoms. The van der Waals surface area contributed by atoms with E-state index in [-0.39, 0.29) is 17.3 Å². The van der Waals surface area contributed by atoms with Crippen LogP contribution in [-0.2, 0) is 26.2 Å². The minimum absolute atomic E-state index is 0.0632. The van der Waals surface area contributed by atoms with Crippen LogP contribution in [0.3, 0.4) is 0 Å². The van der Waals surface area contributed by atoms with Gasteiger partial charge in [-0.3, -0.25) is 13.9 Å². The van der Waals surface area contributed by atoms with Gasteiger partial charge >= 0.3 is 0 Å². The summed E-state index contributed by atoms with van der Waals surface area (Å²) in [6.45, 7) is 12.7. The molecule has 0 aliphatic heterocycles. The lowest BCUT2D eigenvalue weighted by Crippen LogP contribution is -2.55. The van der Waals surface area contributed by atoms with Gasteiger partial charge in [-0.2, -0.15) is 0 Å². The zero-order valence-electron chi connectivity index (χ0n) is 24.9. The molecule has 3 rings (SSSR count). The second-order valence-corrected chi connectivity index (χ2v) is 13.7. The van der Waals surface area contributed by atoms with Crippen molar-refractivity contribution in [1.29, 1.82) is 0 Å². The van der Waals surface area contributed by atoms with E-state index in [1.165, 1.54) is 17.0 Å². The number of amides is 2.